The minimum absolute atomic E-state index is 0.0235. The monoisotopic (exact) mass is 249 g/mol. The molecular formula is C12H11NO3S. The Morgan fingerprint density at radius 3 is 2.18 bits per heavy atom. The van der Waals surface area contributed by atoms with Gasteiger partial charge in [-0.15, -0.1) is 0 Å². The molecule has 4 nitrogen and oxygen atoms in total. The molecule has 0 spiro atoms. The zero-order valence-electron chi connectivity index (χ0n) is 8.87. The van der Waals surface area contributed by atoms with Gasteiger partial charge < -0.3 is 10.8 Å². The second-order valence-electron chi connectivity index (χ2n) is 3.54. The molecule has 5 heteroatoms. The van der Waals surface area contributed by atoms with E-state index in [-0.39, 0.29) is 21.2 Å². The van der Waals surface area contributed by atoms with Crippen LogP contribution in [-0.2, 0) is 9.84 Å². The number of benzene rings is 2. The molecule has 17 heavy (non-hydrogen) atoms. The number of hydrogen-bond donors (Lipinski definition) is 2. The lowest BCUT2D eigenvalue weighted by atomic mass is 10.3. The number of phenolic OH excluding ortho intramolecular Hbond substituents is 1. The molecule has 0 radical (unpaired) electrons. The number of aromatic hydroxyl groups is 1. The molecule has 2 aromatic carbocycles. The highest BCUT2D eigenvalue weighted by molar-refractivity contribution is 7.91. The Morgan fingerprint density at radius 1 is 0.941 bits per heavy atom. The van der Waals surface area contributed by atoms with Gasteiger partial charge in [-0.2, -0.15) is 0 Å². The van der Waals surface area contributed by atoms with Crippen molar-refractivity contribution in [1.82, 2.24) is 0 Å². The fourth-order valence-corrected chi connectivity index (χ4v) is 2.73. The van der Waals surface area contributed by atoms with E-state index in [4.69, 9.17) is 5.73 Å². The van der Waals surface area contributed by atoms with Gasteiger partial charge in [0, 0.05) is 6.07 Å². The Morgan fingerprint density at radius 2 is 1.59 bits per heavy atom. The maximum atomic E-state index is 12.1. The van der Waals surface area contributed by atoms with Gasteiger partial charge in [-0.05, 0) is 24.3 Å². The van der Waals surface area contributed by atoms with E-state index in [0.29, 0.717) is 0 Å². The van der Waals surface area contributed by atoms with Crippen LogP contribution in [0.25, 0.3) is 0 Å². The summed E-state index contributed by atoms with van der Waals surface area (Å²) in [5.74, 6) is -0.234. The van der Waals surface area contributed by atoms with Crippen LogP contribution in [0.5, 0.6) is 5.75 Å². The molecule has 0 bridgehead atoms. The van der Waals surface area contributed by atoms with E-state index in [1.807, 2.05) is 0 Å². The summed E-state index contributed by atoms with van der Waals surface area (Å²) in [6.07, 6.45) is 0. The maximum Gasteiger partial charge on any atom is 0.206 e. The molecule has 0 fully saturated rings. The fourth-order valence-electron chi connectivity index (χ4n) is 1.43. The van der Waals surface area contributed by atoms with Crippen molar-refractivity contribution in [2.75, 3.05) is 5.73 Å². The number of nitrogen functional groups attached to an aromatic ring is 1. The molecule has 88 valence electrons. The molecule has 0 saturated heterocycles. The summed E-state index contributed by atoms with van der Waals surface area (Å²) in [5.41, 5.74) is 5.58. The fraction of sp³-hybridized carbons (Fsp3) is 0. The van der Waals surface area contributed by atoms with Crippen LogP contribution in [0, 0.1) is 0 Å². The molecule has 2 aromatic rings. The van der Waals surface area contributed by atoms with Crippen molar-refractivity contribution in [3.05, 3.63) is 48.5 Å². The lowest BCUT2D eigenvalue weighted by molar-refractivity contribution is 0.476. The average molecular weight is 249 g/mol. The Balaban J connectivity index is 2.57. The van der Waals surface area contributed by atoms with Crippen LogP contribution in [0.4, 0.5) is 5.69 Å². The van der Waals surface area contributed by atoms with Crippen molar-refractivity contribution < 1.29 is 13.5 Å². The largest absolute Gasteiger partial charge is 0.506 e. The van der Waals surface area contributed by atoms with Gasteiger partial charge in [-0.3, -0.25) is 0 Å². The first kappa shape index (κ1) is 11.5. The normalized spacial score (nSPS) is 11.3. The Hall–Kier alpha value is -2.01. The number of sulfone groups is 1. The highest BCUT2D eigenvalue weighted by atomic mass is 32.2. The number of nitrogens with two attached hydrogens (primary N) is 1. The summed E-state index contributed by atoms with van der Waals surface area (Å²) >= 11 is 0. The van der Waals surface area contributed by atoms with Gasteiger partial charge in [0.15, 0.2) is 0 Å². The SMILES string of the molecule is Nc1ccc(S(=O)(=O)c2ccccc2)cc1O. The predicted molar refractivity (Wildman–Crippen MR) is 64.4 cm³/mol. The number of rotatable bonds is 2. The molecule has 0 aliphatic carbocycles. The first-order valence-corrected chi connectivity index (χ1v) is 6.39. The summed E-state index contributed by atoms with van der Waals surface area (Å²) in [7, 11) is -3.59. The van der Waals surface area contributed by atoms with E-state index in [1.54, 1.807) is 18.2 Å². The van der Waals surface area contributed by atoms with E-state index in [2.05, 4.69) is 0 Å². The summed E-state index contributed by atoms with van der Waals surface area (Å²) in [6, 6.07) is 11.9. The van der Waals surface area contributed by atoms with Crippen LogP contribution < -0.4 is 5.73 Å². The lowest BCUT2D eigenvalue weighted by Crippen LogP contribution is -2.02. The van der Waals surface area contributed by atoms with E-state index < -0.39 is 9.84 Å². The molecule has 0 saturated carbocycles. The first-order chi connectivity index (χ1) is 8.01. The molecule has 0 atom stereocenters. The topological polar surface area (TPSA) is 80.4 Å². The van der Waals surface area contributed by atoms with Gasteiger partial charge in [0.2, 0.25) is 9.84 Å². The van der Waals surface area contributed by atoms with Gasteiger partial charge in [0.05, 0.1) is 15.5 Å². The minimum atomic E-state index is -3.59. The van der Waals surface area contributed by atoms with Crippen molar-refractivity contribution in [2.45, 2.75) is 9.79 Å². The number of phenols is 1. The lowest BCUT2D eigenvalue weighted by Gasteiger charge is -2.06. The minimum Gasteiger partial charge on any atom is -0.506 e. The van der Waals surface area contributed by atoms with Crippen molar-refractivity contribution >= 4 is 15.5 Å². The van der Waals surface area contributed by atoms with Crippen molar-refractivity contribution in [2.24, 2.45) is 0 Å². The van der Waals surface area contributed by atoms with E-state index in [1.165, 1.54) is 24.3 Å². The third kappa shape index (κ3) is 2.09. The highest BCUT2D eigenvalue weighted by Crippen LogP contribution is 2.27. The van der Waals surface area contributed by atoms with Crippen LogP contribution >= 0.6 is 0 Å². The molecular weight excluding hydrogens is 238 g/mol. The number of anilines is 1. The third-order valence-electron chi connectivity index (χ3n) is 2.37. The van der Waals surface area contributed by atoms with Crippen molar-refractivity contribution in [3.63, 3.8) is 0 Å². The van der Waals surface area contributed by atoms with E-state index in [9.17, 15) is 13.5 Å². The Bertz CT molecular complexity index is 636. The smallest absolute Gasteiger partial charge is 0.206 e. The van der Waals surface area contributed by atoms with Crippen LogP contribution in [0.1, 0.15) is 0 Å². The standard InChI is InChI=1S/C12H11NO3S/c13-11-7-6-10(8-12(11)14)17(15,16)9-4-2-1-3-5-9/h1-8,14H,13H2. The summed E-state index contributed by atoms with van der Waals surface area (Å²) in [5, 5.41) is 9.42. The van der Waals surface area contributed by atoms with Crippen LogP contribution in [0.2, 0.25) is 0 Å². The Labute approximate surface area is 99.2 Å². The third-order valence-corrected chi connectivity index (χ3v) is 4.13. The van der Waals surface area contributed by atoms with Crippen LogP contribution in [-0.4, -0.2) is 13.5 Å². The summed E-state index contributed by atoms with van der Waals surface area (Å²) in [4.78, 5) is 0.208. The van der Waals surface area contributed by atoms with Gasteiger partial charge in [-0.1, -0.05) is 18.2 Å². The van der Waals surface area contributed by atoms with Crippen LogP contribution in [0.15, 0.2) is 58.3 Å². The quantitative estimate of drug-likeness (QED) is 0.628. The van der Waals surface area contributed by atoms with Gasteiger partial charge in [0.25, 0.3) is 0 Å². The molecule has 3 N–H and O–H groups in total. The summed E-state index contributed by atoms with van der Waals surface area (Å²) in [6.45, 7) is 0. The summed E-state index contributed by atoms with van der Waals surface area (Å²) < 4.78 is 24.3. The zero-order valence-corrected chi connectivity index (χ0v) is 9.68. The second-order valence-corrected chi connectivity index (χ2v) is 5.49. The van der Waals surface area contributed by atoms with Crippen molar-refractivity contribution in [3.8, 4) is 5.75 Å². The van der Waals surface area contributed by atoms with Gasteiger partial charge in [0.1, 0.15) is 5.75 Å². The van der Waals surface area contributed by atoms with Gasteiger partial charge >= 0.3 is 0 Å². The molecule has 0 aliphatic heterocycles. The first-order valence-electron chi connectivity index (χ1n) is 4.90. The maximum absolute atomic E-state index is 12.1. The average Bonchev–Trinajstić information content (AvgIpc) is 2.33. The van der Waals surface area contributed by atoms with Crippen molar-refractivity contribution in [1.29, 1.82) is 0 Å². The highest BCUT2D eigenvalue weighted by Gasteiger charge is 2.18. The predicted octanol–water partition coefficient (Wildman–Crippen LogP) is 1.81. The zero-order chi connectivity index (χ0) is 12.5. The molecule has 0 amide bonds. The second kappa shape index (κ2) is 4.10. The number of hydrogen-bond acceptors (Lipinski definition) is 4. The molecule has 2 rings (SSSR count). The molecule has 0 aliphatic rings. The molecule has 0 unspecified atom stereocenters. The Kier molecular flexibility index (Phi) is 2.77. The van der Waals surface area contributed by atoms with E-state index in [0.717, 1.165) is 6.07 Å². The molecule has 0 heterocycles. The van der Waals surface area contributed by atoms with Crippen LogP contribution in [0.3, 0.4) is 0 Å². The van der Waals surface area contributed by atoms with E-state index >= 15 is 0 Å². The van der Waals surface area contributed by atoms with Gasteiger partial charge in [-0.25, -0.2) is 8.42 Å². The molecule has 0 aromatic heterocycles.